The van der Waals surface area contributed by atoms with Crippen LogP contribution in [0.3, 0.4) is 0 Å². The fourth-order valence-corrected chi connectivity index (χ4v) is 2.78. The van der Waals surface area contributed by atoms with Gasteiger partial charge in [-0.25, -0.2) is 0 Å². The number of ether oxygens (including phenoxy) is 1. The highest BCUT2D eigenvalue weighted by atomic mass is 16.5. The summed E-state index contributed by atoms with van der Waals surface area (Å²) in [4.78, 5) is 34.4. The van der Waals surface area contributed by atoms with Crippen molar-refractivity contribution >= 4 is 22.8 Å². The number of carbonyl (C=O) groups is 2. The van der Waals surface area contributed by atoms with Crippen LogP contribution in [0.2, 0.25) is 0 Å². The molecule has 2 N–H and O–H groups in total. The van der Waals surface area contributed by atoms with Crippen molar-refractivity contribution in [2.24, 2.45) is 13.0 Å². The van der Waals surface area contributed by atoms with Gasteiger partial charge < -0.3 is 19.5 Å². The number of nitrogens with zero attached hydrogens (tertiary/aromatic N) is 1. The molecular formula is C16H17NO6. The molecule has 1 heterocycles. The van der Waals surface area contributed by atoms with Crippen molar-refractivity contribution in [3.63, 3.8) is 0 Å². The summed E-state index contributed by atoms with van der Waals surface area (Å²) in [5, 5.41) is 19.0. The van der Waals surface area contributed by atoms with Gasteiger partial charge in [-0.3, -0.25) is 14.4 Å². The lowest BCUT2D eigenvalue weighted by molar-refractivity contribution is -0.155. The standard InChI is InChI=1S/C16H17NO6/c1-8(13(15(19)20)16(21)22)9-4-6-11(23-3)14-10(9)5-7-12(18)17(14)2/h4-8,13H,1-3H3,(H,19,20)(H,21,22). The van der Waals surface area contributed by atoms with Gasteiger partial charge >= 0.3 is 11.9 Å². The average Bonchev–Trinajstić information content (AvgIpc) is 2.48. The fraction of sp³-hybridized carbons (Fsp3) is 0.312. The van der Waals surface area contributed by atoms with Crippen LogP contribution in [0.5, 0.6) is 5.75 Å². The number of hydrogen-bond donors (Lipinski definition) is 2. The number of methoxy groups -OCH3 is 1. The second-order valence-electron chi connectivity index (χ2n) is 5.29. The van der Waals surface area contributed by atoms with Gasteiger partial charge in [-0.05, 0) is 17.7 Å². The van der Waals surface area contributed by atoms with E-state index in [0.717, 1.165) is 0 Å². The van der Waals surface area contributed by atoms with Gasteiger partial charge in [0.05, 0.1) is 12.6 Å². The molecule has 1 atom stereocenters. The minimum atomic E-state index is -1.58. The predicted octanol–water partition coefficient (Wildman–Crippen LogP) is 1.44. The van der Waals surface area contributed by atoms with E-state index < -0.39 is 23.8 Å². The van der Waals surface area contributed by atoms with E-state index in [1.807, 2.05) is 0 Å². The molecule has 1 aromatic heterocycles. The largest absolute Gasteiger partial charge is 0.495 e. The summed E-state index contributed by atoms with van der Waals surface area (Å²) in [6.07, 6.45) is 0. The Morgan fingerprint density at radius 3 is 2.26 bits per heavy atom. The predicted molar refractivity (Wildman–Crippen MR) is 82.9 cm³/mol. The number of benzene rings is 1. The number of carboxylic acid groups (broad SMARTS) is 2. The lowest BCUT2D eigenvalue weighted by Gasteiger charge is -2.20. The number of pyridine rings is 1. The molecule has 7 nitrogen and oxygen atoms in total. The minimum Gasteiger partial charge on any atom is -0.495 e. The Morgan fingerprint density at radius 2 is 1.74 bits per heavy atom. The van der Waals surface area contributed by atoms with Crippen molar-refractivity contribution in [2.75, 3.05) is 7.11 Å². The topological polar surface area (TPSA) is 106 Å². The van der Waals surface area contributed by atoms with E-state index >= 15 is 0 Å². The Hall–Kier alpha value is -2.83. The summed E-state index contributed by atoms with van der Waals surface area (Å²) in [7, 11) is 3.04. The molecule has 2 rings (SSSR count). The molecule has 0 fully saturated rings. The Morgan fingerprint density at radius 1 is 1.13 bits per heavy atom. The van der Waals surface area contributed by atoms with Crippen molar-refractivity contribution in [1.82, 2.24) is 4.57 Å². The first kappa shape index (κ1) is 16.5. The van der Waals surface area contributed by atoms with Crippen LogP contribution in [0.4, 0.5) is 0 Å². The molecular weight excluding hydrogens is 302 g/mol. The third-order valence-corrected chi connectivity index (χ3v) is 4.01. The third-order valence-electron chi connectivity index (χ3n) is 4.01. The van der Waals surface area contributed by atoms with Crippen molar-refractivity contribution < 1.29 is 24.5 Å². The van der Waals surface area contributed by atoms with E-state index in [-0.39, 0.29) is 5.56 Å². The van der Waals surface area contributed by atoms with Crippen LogP contribution < -0.4 is 10.3 Å². The molecule has 0 spiro atoms. The van der Waals surface area contributed by atoms with Crippen LogP contribution in [0.1, 0.15) is 18.4 Å². The first-order valence-corrected chi connectivity index (χ1v) is 6.91. The van der Waals surface area contributed by atoms with Crippen LogP contribution in [-0.4, -0.2) is 33.8 Å². The van der Waals surface area contributed by atoms with Crippen LogP contribution in [0.15, 0.2) is 29.1 Å². The number of rotatable bonds is 5. The third kappa shape index (κ3) is 2.77. The summed E-state index contributed by atoms with van der Waals surface area (Å²) in [5.41, 5.74) is 0.790. The maximum absolute atomic E-state index is 11.9. The second-order valence-corrected chi connectivity index (χ2v) is 5.29. The molecule has 0 radical (unpaired) electrons. The molecule has 0 saturated heterocycles. The molecule has 1 aromatic carbocycles. The lowest BCUT2D eigenvalue weighted by Crippen LogP contribution is -2.29. The highest BCUT2D eigenvalue weighted by Crippen LogP contribution is 2.34. The van der Waals surface area contributed by atoms with E-state index in [9.17, 15) is 24.6 Å². The first-order chi connectivity index (χ1) is 10.8. The van der Waals surface area contributed by atoms with Gasteiger partial charge in [0, 0.05) is 24.4 Å². The molecule has 0 amide bonds. The highest BCUT2D eigenvalue weighted by Gasteiger charge is 2.34. The van der Waals surface area contributed by atoms with Crippen LogP contribution in [0, 0.1) is 5.92 Å². The Kier molecular flexibility index (Phi) is 4.40. The Balaban J connectivity index is 2.77. The summed E-state index contributed by atoms with van der Waals surface area (Å²) >= 11 is 0. The van der Waals surface area contributed by atoms with Gasteiger partial charge in [-0.2, -0.15) is 0 Å². The molecule has 0 aliphatic heterocycles. The normalized spacial score (nSPS) is 12.3. The van der Waals surface area contributed by atoms with E-state index in [0.29, 0.717) is 22.2 Å². The lowest BCUT2D eigenvalue weighted by atomic mass is 9.85. The first-order valence-electron chi connectivity index (χ1n) is 6.91. The van der Waals surface area contributed by atoms with E-state index in [4.69, 9.17) is 4.74 Å². The van der Waals surface area contributed by atoms with Crippen LogP contribution in [-0.2, 0) is 16.6 Å². The van der Waals surface area contributed by atoms with Gasteiger partial charge in [0.2, 0.25) is 0 Å². The zero-order valence-electron chi connectivity index (χ0n) is 12.9. The molecule has 122 valence electrons. The molecule has 1 unspecified atom stereocenters. The van der Waals surface area contributed by atoms with Gasteiger partial charge in [-0.1, -0.05) is 13.0 Å². The zero-order chi connectivity index (χ0) is 17.3. The molecule has 23 heavy (non-hydrogen) atoms. The molecule has 0 saturated carbocycles. The smallest absolute Gasteiger partial charge is 0.318 e. The van der Waals surface area contributed by atoms with E-state index in [2.05, 4.69) is 0 Å². The number of aliphatic carboxylic acids is 2. The minimum absolute atomic E-state index is 0.242. The highest BCUT2D eigenvalue weighted by molar-refractivity contribution is 5.96. The number of aromatic nitrogens is 1. The quantitative estimate of drug-likeness (QED) is 0.808. The van der Waals surface area contributed by atoms with Gasteiger partial charge in [0.25, 0.3) is 5.56 Å². The van der Waals surface area contributed by atoms with Crippen molar-refractivity contribution in [2.45, 2.75) is 12.8 Å². The second kappa shape index (κ2) is 6.12. The number of fused-ring (bicyclic) bond motifs is 1. The zero-order valence-corrected chi connectivity index (χ0v) is 12.9. The van der Waals surface area contributed by atoms with Crippen LogP contribution >= 0.6 is 0 Å². The van der Waals surface area contributed by atoms with Crippen molar-refractivity contribution in [3.8, 4) is 5.75 Å². The Bertz CT molecular complexity index is 824. The molecule has 0 aliphatic rings. The molecule has 7 heteroatoms. The summed E-state index contributed by atoms with van der Waals surface area (Å²) in [6.45, 7) is 1.54. The number of carboxylic acids is 2. The molecule has 2 aromatic rings. The number of aryl methyl sites for hydroxylation is 1. The maximum atomic E-state index is 11.9. The monoisotopic (exact) mass is 319 g/mol. The van der Waals surface area contributed by atoms with E-state index in [1.165, 1.54) is 17.7 Å². The van der Waals surface area contributed by atoms with Crippen molar-refractivity contribution in [1.29, 1.82) is 0 Å². The summed E-state index contributed by atoms with van der Waals surface area (Å²) in [6, 6.07) is 6.16. The maximum Gasteiger partial charge on any atom is 0.318 e. The molecule has 0 aliphatic carbocycles. The summed E-state index contributed by atoms with van der Waals surface area (Å²) < 4.78 is 6.65. The summed E-state index contributed by atoms with van der Waals surface area (Å²) in [5.74, 6) is -4.71. The fourth-order valence-electron chi connectivity index (χ4n) is 2.78. The SMILES string of the molecule is COc1ccc(C(C)C(C(=O)O)C(=O)O)c2ccc(=O)n(C)c12. The van der Waals surface area contributed by atoms with Gasteiger partial charge in [-0.15, -0.1) is 0 Å². The van der Waals surface area contributed by atoms with Gasteiger partial charge in [0.1, 0.15) is 5.75 Å². The van der Waals surface area contributed by atoms with Crippen LogP contribution in [0.25, 0.3) is 10.9 Å². The van der Waals surface area contributed by atoms with E-state index in [1.54, 1.807) is 32.2 Å². The Labute approximate surface area is 131 Å². The number of hydrogen-bond acceptors (Lipinski definition) is 4. The van der Waals surface area contributed by atoms with Gasteiger partial charge in [0.15, 0.2) is 5.92 Å². The average molecular weight is 319 g/mol. The molecule has 0 bridgehead atoms. The van der Waals surface area contributed by atoms with Crippen molar-refractivity contribution in [3.05, 3.63) is 40.2 Å².